The second-order valence-corrected chi connectivity index (χ2v) is 7.06. The molecule has 0 spiro atoms. The van der Waals surface area contributed by atoms with Crippen molar-refractivity contribution in [2.45, 2.75) is 12.5 Å². The number of halogens is 1. The van der Waals surface area contributed by atoms with Crippen LogP contribution in [-0.2, 0) is 6.42 Å². The number of nitrogens with zero attached hydrogens (tertiary/aromatic N) is 3. The minimum atomic E-state index is -0.842. The Balaban J connectivity index is 1.60. The van der Waals surface area contributed by atoms with E-state index in [0.29, 0.717) is 18.2 Å². The highest BCUT2D eigenvalue weighted by atomic mass is 35.5. The van der Waals surface area contributed by atoms with E-state index in [1.807, 2.05) is 24.3 Å². The van der Waals surface area contributed by atoms with Crippen LogP contribution in [0.2, 0.25) is 5.15 Å². The van der Waals surface area contributed by atoms with Crippen molar-refractivity contribution in [3.63, 3.8) is 0 Å². The number of benzene rings is 1. The molecule has 1 aromatic heterocycles. The highest BCUT2D eigenvalue weighted by Gasteiger charge is 2.58. The third kappa shape index (κ3) is 2.49. The summed E-state index contributed by atoms with van der Waals surface area (Å²) < 4.78 is 0. The molecule has 0 aliphatic carbocycles. The summed E-state index contributed by atoms with van der Waals surface area (Å²) in [6, 6.07) is 14.2. The Bertz CT molecular complexity index is 753. The van der Waals surface area contributed by atoms with Crippen LogP contribution in [0.15, 0.2) is 48.7 Å². The Morgan fingerprint density at radius 2 is 2.04 bits per heavy atom. The highest BCUT2D eigenvalue weighted by Crippen LogP contribution is 2.48. The van der Waals surface area contributed by atoms with Gasteiger partial charge < -0.3 is 14.9 Å². The molecule has 1 aromatic carbocycles. The maximum atomic E-state index is 11.5. The summed E-state index contributed by atoms with van der Waals surface area (Å²) in [7, 11) is 0. The Morgan fingerprint density at radius 1 is 1.25 bits per heavy atom. The lowest BCUT2D eigenvalue weighted by molar-refractivity contribution is 0.144. The van der Waals surface area contributed by atoms with Crippen molar-refractivity contribution in [2.75, 3.05) is 24.5 Å². The summed E-state index contributed by atoms with van der Waals surface area (Å²) in [5.74, 6) is 0. The summed E-state index contributed by atoms with van der Waals surface area (Å²) in [6.07, 6.45) is 1.81. The van der Waals surface area contributed by atoms with E-state index in [1.165, 1.54) is 10.5 Å². The van der Waals surface area contributed by atoms with Gasteiger partial charge in [0.05, 0.1) is 17.9 Å². The van der Waals surface area contributed by atoms with Gasteiger partial charge in [-0.3, -0.25) is 0 Å². The average Bonchev–Trinajstić information content (AvgIpc) is 2.84. The van der Waals surface area contributed by atoms with Crippen LogP contribution in [0.25, 0.3) is 0 Å². The van der Waals surface area contributed by atoms with E-state index >= 15 is 0 Å². The van der Waals surface area contributed by atoms with Gasteiger partial charge in [-0.2, -0.15) is 0 Å². The molecule has 0 radical (unpaired) electrons. The first-order chi connectivity index (χ1) is 11.6. The van der Waals surface area contributed by atoms with Gasteiger partial charge in [-0.25, -0.2) is 9.78 Å². The lowest BCUT2D eigenvalue weighted by Gasteiger charge is -2.54. The Kier molecular flexibility index (Phi) is 3.61. The molecular weight excluding hydrogens is 326 g/mol. The Hall–Kier alpha value is -2.27. The molecule has 2 saturated heterocycles. The van der Waals surface area contributed by atoms with Gasteiger partial charge in [-0.15, -0.1) is 0 Å². The van der Waals surface area contributed by atoms with Gasteiger partial charge in [-0.1, -0.05) is 41.9 Å². The zero-order chi connectivity index (χ0) is 16.7. The number of rotatable bonds is 3. The van der Waals surface area contributed by atoms with Crippen LogP contribution in [-0.4, -0.2) is 46.8 Å². The second kappa shape index (κ2) is 5.67. The molecule has 0 bridgehead atoms. The molecule has 0 unspecified atom stereocenters. The number of fused-ring (bicyclic) bond motifs is 1. The van der Waals surface area contributed by atoms with Gasteiger partial charge >= 0.3 is 6.09 Å². The summed E-state index contributed by atoms with van der Waals surface area (Å²) in [5.41, 5.74) is 2.23. The van der Waals surface area contributed by atoms with Gasteiger partial charge in [0.1, 0.15) is 5.15 Å². The van der Waals surface area contributed by atoms with Crippen molar-refractivity contribution in [3.8, 4) is 0 Å². The third-order valence-electron chi connectivity index (χ3n) is 5.18. The van der Waals surface area contributed by atoms with Gasteiger partial charge in [-0.05, 0) is 24.1 Å². The number of carbonyl (C=O) groups is 1. The van der Waals surface area contributed by atoms with E-state index in [0.717, 1.165) is 18.7 Å². The number of hydrogen-bond acceptors (Lipinski definition) is 3. The van der Waals surface area contributed by atoms with Gasteiger partial charge in [0.2, 0.25) is 0 Å². The van der Waals surface area contributed by atoms with Crippen LogP contribution in [0.5, 0.6) is 0 Å². The zero-order valence-electron chi connectivity index (χ0n) is 13.1. The van der Waals surface area contributed by atoms with Crippen molar-refractivity contribution >= 4 is 23.4 Å². The van der Waals surface area contributed by atoms with E-state index in [2.05, 4.69) is 22.0 Å². The Labute approximate surface area is 145 Å². The SMILES string of the molecule is O=C(O)N1C[C@@H]2N(c3ccc(Cl)nc3)C[C@]2(Cc2ccccc2)C1. The van der Waals surface area contributed by atoms with E-state index < -0.39 is 6.09 Å². The molecule has 1 N–H and O–H groups in total. The fraction of sp³-hybridized carbons (Fsp3) is 0.333. The lowest BCUT2D eigenvalue weighted by Crippen LogP contribution is -2.65. The molecule has 4 rings (SSSR count). The Morgan fingerprint density at radius 3 is 2.71 bits per heavy atom. The molecule has 5 nitrogen and oxygen atoms in total. The lowest BCUT2D eigenvalue weighted by atomic mass is 9.69. The van der Waals surface area contributed by atoms with Gasteiger partial charge in [0.25, 0.3) is 0 Å². The van der Waals surface area contributed by atoms with Crippen molar-refractivity contribution in [2.24, 2.45) is 5.41 Å². The van der Waals surface area contributed by atoms with Crippen LogP contribution in [0, 0.1) is 5.41 Å². The average molecular weight is 344 g/mol. The van der Waals surface area contributed by atoms with E-state index in [9.17, 15) is 9.90 Å². The molecule has 2 aliphatic heterocycles. The number of anilines is 1. The molecule has 2 fully saturated rings. The summed E-state index contributed by atoms with van der Waals surface area (Å²) in [4.78, 5) is 19.4. The van der Waals surface area contributed by atoms with Gasteiger partial charge in [0.15, 0.2) is 0 Å². The molecule has 124 valence electrons. The van der Waals surface area contributed by atoms with E-state index in [1.54, 1.807) is 12.3 Å². The number of pyridine rings is 1. The number of amides is 1. The quantitative estimate of drug-likeness (QED) is 0.870. The summed E-state index contributed by atoms with van der Waals surface area (Å²) >= 11 is 5.87. The minimum absolute atomic E-state index is 0.0284. The fourth-order valence-corrected chi connectivity index (χ4v) is 4.17. The van der Waals surface area contributed by atoms with Crippen LogP contribution in [0.4, 0.5) is 10.5 Å². The number of carboxylic acid groups (broad SMARTS) is 1. The normalized spacial score (nSPS) is 25.3. The predicted molar refractivity (Wildman–Crippen MR) is 92.6 cm³/mol. The first kappa shape index (κ1) is 15.3. The molecule has 3 heterocycles. The van der Waals surface area contributed by atoms with E-state index in [4.69, 9.17) is 11.6 Å². The van der Waals surface area contributed by atoms with Crippen LogP contribution in [0.1, 0.15) is 5.56 Å². The van der Waals surface area contributed by atoms with E-state index in [-0.39, 0.29) is 11.5 Å². The molecule has 2 aliphatic rings. The molecular formula is C18H18ClN3O2. The monoisotopic (exact) mass is 343 g/mol. The number of aromatic nitrogens is 1. The van der Waals surface area contributed by atoms with Gasteiger partial charge in [0, 0.05) is 25.0 Å². The molecule has 24 heavy (non-hydrogen) atoms. The largest absolute Gasteiger partial charge is 0.465 e. The molecule has 2 atom stereocenters. The first-order valence-corrected chi connectivity index (χ1v) is 8.35. The molecule has 1 amide bonds. The topological polar surface area (TPSA) is 56.7 Å². The molecule has 6 heteroatoms. The second-order valence-electron chi connectivity index (χ2n) is 6.67. The standard InChI is InChI=1S/C18H18ClN3O2/c19-16-7-6-14(9-20-16)22-12-18(8-13-4-2-1-3-5-13)11-21(17(23)24)10-15(18)22/h1-7,9,15H,8,10-12H2,(H,23,24)/t15-,18-/m0/s1. The highest BCUT2D eigenvalue weighted by molar-refractivity contribution is 6.29. The van der Waals surface area contributed by atoms with Crippen LogP contribution < -0.4 is 4.90 Å². The van der Waals surface area contributed by atoms with Crippen molar-refractivity contribution in [3.05, 3.63) is 59.4 Å². The van der Waals surface area contributed by atoms with Crippen LogP contribution in [0.3, 0.4) is 0 Å². The molecule has 0 saturated carbocycles. The maximum absolute atomic E-state index is 11.5. The summed E-state index contributed by atoms with van der Waals surface area (Å²) in [6.45, 7) is 1.95. The third-order valence-corrected chi connectivity index (χ3v) is 5.40. The molecule has 2 aromatic rings. The smallest absolute Gasteiger partial charge is 0.407 e. The van der Waals surface area contributed by atoms with Crippen LogP contribution >= 0.6 is 11.6 Å². The summed E-state index contributed by atoms with van der Waals surface area (Å²) in [5, 5.41) is 9.89. The van der Waals surface area contributed by atoms with Crippen molar-refractivity contribution < 1.29 is 9.90 Å². The minimum Gasteiger partial charge on any atom is -0.465 e. The number of hydrogen-bond donors (Lipinski definition) is 1. The fourth-order valence-electron chi connectivity index (χ4n) is 4.06. The van der Waals surface area contributed by atoms with Crippen molar-refractivity contribution in [1.82, 2.24) is 9.88 Å². The van der Waals surface area contributed by atoms with Crippen molar-refractivity contribution in [1.29, 1.82) is 0 Å². The first-order valence-electron chi connectivity index (χ1n) is 7.97. The predicted octanol–water partition coefficient (Wildman–Crippen LogP) is 3.15. The number of likely N-dealkylation sites (tertiary alicyclic amines) is 1. The maximum Gasteiger partial charge on any atom is 0.407 e. The zero-order valence-corrected chi connectivity index (χ0v) is 13.9.